The van der Waals surface area contributed by atoms with Crippen LogP contribution in [0.1, 0.15) is 21.9 Å². The van der Waals surface area contributed by atoms with E-state index in [0.717, 1.165) is 17.5 Å². The van der Waals surface area contributed by atoms with Gasteiger partial charge in [-0.15, -0.1) is 6.58 Å². The lowest BCUT2D eigenvalue weighted by atomic mass is 10.2. The van der Waals surface area contributed by atoms with Gasteiger partial charge < -0.3 is 4.57 Å². The predicted molar refractivity (Wildman–Crippen MR) is 67.1 cm³/mol. The minimum Gasteiger partial charge on any atom is -0.324 e. The number of carbonyl (C=O) groups excluding carboxylic acids is 1. The van der Waals surface area contributed by atoms with Crippen LogP contribution in [0, 0.1) is 0 Å². The number of carbonyl (C=O) groups is 1. The number of hydrogen-bond donors (Lipinski definition) is 0. The summed E-state index contributed by atoms with van der Waals surface area (Å²) in [5.41, 5.74) is 2.02. The first-order chi connectivity index (χ1) is 8.33. The largest absolute Gasteiger partial charge is 0.324 e. The molecule has 0 amide bonds. The van der Waals surface area contributed by atoms with Gasteiger partial charge in [0.05, 0.1) is 5.69 Å². The van der Waals surface area contributed by atoms with Gasteiger partial charge in [0.1, 0.15) is 0 Å². The molecule has 0 aliphatic carbocycles. The number of rotatable bonds is 5. The second kappa shape index (κ2) is 5.25. The molecule has 0 aliphatic rings. The van der Waals surface area contributed by atoms with Gasteiger partial charge in [-0.2, -0.15) is 0 Å². The van der Waals surface area contributed by atoms with E-state index in [0.29, 0.717) is 18.8 Å². The van der Waals surface area contributed by atoms with Gasteiger partial charge in [0, 0.05) is 19.2 Å². The van der Waals surface area contributed by atoms with Crippen molar-refractivity contribution in [1.82, 2.24) is 9.55 Å². The summed E-state index contributed by atoms with van der Waals surface area (Å²) in [6.45, 7) is 4.33. The van der Waals surface area contributed by atoms with Crippen LogP contribution in [0.25, 0.3) is 0 Å². The van der Waals surface area contributed by atoms with Gasteiger partial charge in [-0.05, 0) is 5.56 Å². The molecule has 17 heavy (non-hydrogen) atoms. The second-order valence-corrected chi connectivity index (χ2v) is 3.81. The fraction of sp³-hybridized carbons (Fsp3) is 0.143. The van der Waals surface area contributed by atoms with Crippen LogP contribution >= 0.6 is 0 Å². The summed E-state index contributed by atoms with van der Waals surface area (Å²) < 4.78 is 1.86. The van der Waals surface area contributed by atoms with Crippen LogP contribution in [0.4, 0.5) is 0 Å². The molecule has 0 saturated heterocycles. The Balaban J connectivity index is 2.25. The summed E-state index contributed by atoms with van der Waals surface area (Å²) in [5.74, 6) is 0.464. The zero-order chi connectivity index (χ0) is 12.1. The second-order valence-electron chi connectivity index (χ2n) is 3.81. The Morgan fingerprint density at radius 3 is 2.71 bits per heavy atom. The SMILES string of the molecule is C=CCc1cn(Cc2ccccc2)c(C=O)n1. The Morgan fingerprint density at radius 2 is 2.06 bits per heavy atom. The smallest absolute Gasteiger partial charge is 0.185 e. The summed E-state index contributed by atoms with van der Waals surface area (Å²) in [4.78, 5) is 15.2. The maximum atomic E-state index is 10.9. The third kappa shape index (κ3) is 2.69. The summed E-state index contributed by atoms with van der Waals surface area (Å²) in [6, 6.07) is 10.00. The maximum absolute atomic E-state index is 10.9. The first-order valence-electron chi connectivity index (χ1n) is 5.49. The Kier molecular flexibility index (Phi) is 3.50. The van der Waals surface area contributed by atoms with Crippen molar-refractivity contribution in [2.75, 3.05) is 0 Å². The molecule has 3 nitrogen and oxygen atoms in total. The Labute approximate surface area is 100 Å². The number of nitrogens with zero attached hydrogens (tertiary/aromatic N) is 2. The summed E-state index contributed by atoms with van der Waals surface area (Å²) in [7, 11) is 0. The van der Waals surface area contributed by atoms with Gasteiger partial charge in [0.15, 0.2) is 12.1 Å². The van der Waals surface area contributed by atoms with E-state index < -0.39 is 0 Å². The number of imidazole rings is 1. The lowest BCUT2D eigenvalue weighted by Gasteiger charge is -2.03. The van der Waals surface area contributed by atoms with Crippen molar-refractivity contribution in [2.45, 2.75) is 13.0 Å². The van der Waals surface area contributed by atoms with E-state index in [1.165, 1.54) is 0 Å². The molecule has 0 aliphatic heterocycles. The number of aromatic nitrogens is 2. The molecular formula is C14H14N2O. The summed E-state index contributed by atoms with van der Waals surface area (Å²) in [6.07, 6.45) is 5.15. The van der Waals surface area contributed by atoms with Crippen molar-refractivity contribution in [3.63, 3.8) is 0 Å². The normalized spacial score (nSPS) is 10.1. The Hall–Kier alpha value is -2.16. The molecule has 0 atom stereocenters. The van der Waals surface area contributed by atoms with Crippen LogP contribution in [0.2, 0.25) is 0 Å². The van der Waals surface area contributed by atoms with E-state index in [4.69, 9.17) is 0 Å². The van der Waals surface area contributed by atoms with Crippen molar-refractivity contribution in [3.8, 4) is 0 Å². The van der Waals surface area contributed by atoms with E-state index in [1.54, 1.807) is 6.08 Å². The lowest BCUT2D eigenvalue weighted by molar-refractivity contribution is 0.111. The lowest BCUT2D eigenvalue weighted by Crippen LogP contribution is -2.02. The molecule has 1 aromatic carbocycles. The van der Waals surface area contributed by atoms with E-state index in [2.05, 4.69) is 11.6 Å². The van der Waals surface area contributed by atoms with Gasteiger partial charge in [0.25, 0.3) is 0 Å². The van der Waals surface area contributed by atoms with Crippen LogP contribution in [0.3, 0.4) is 0 Å². The first kappa shape index (κ1) is 11.3. The molecule has 3 heteroatoms. The third-order valence-corrected chi connectivity index (χ3v) is 2.51. The minimum atomic E-state index is 0.464. The van der Waals surface area contributed by atoms with Crippen LogP contribution in [-0.4, -0.2) is 15.8 Å². The number of allylic oxidation sites excluding steroid dienone is 1. The van der Waals surface area contributed by atoms with E-state index in [9.17, 15) is 4.79 Å². The standard InChI is InChI=1S/C14H14N2O/c1-2-6-13-10-16(14(11-17)15-13)9-12-7-4-3-5-8-12/h2-5,7-8,10-11H,1,6,9H2. The fourth-order valence-corrected chi connectivity index (χ4v) is 1.73. The highest BCUT2D eigenvalue weighted by Gasteiger charge is 2.06. The molecule has 0 bridgehead atoms. The molecule has 0 N–H and O–H groups in total. The first-order valence-corrected chi connectivity index (χ1v) is 5.49. The van der Waals surface area contributed by atoms with E-state index in [-0.39, 0.29) is 0 Å². The minimum absolute atomic E-state index is 0.464. The van der Waals surface area contributed by atoms with Crippen molar-refractivity contribution in [3.05, 3.63) is 66.3 Å². The van der Waals surface area contributed by atoms with Crippen LogP contribution < -0.4 is 0 Å². The highest BCUT2D eigenvalue weighted by Crippen LogP contribution is 2.07. The average Bonchev–Trinajstić information content (AvgIpc) is 2.73. The summed E-state index contributed by atoms with van der Waals surface area (Å²) in [5, 5.41) is 0. The zero-order valence-corrected chi connectivity index (χ0v) is 9.54. The van der Waals surface area contributed by atoms with Crippen LogP contribution in [-0.2, 0) is 13.0 Å². The van der Waals surface area contributed by atoms with Crippen LogP contribution in [0.5, 0.6) is 0 Å². The number of aldehydes is 1. The topological polar surface area (TPSA) is 34.9 Å². The third-order valence-electron chi connectivity index (χ3n) is 2.51. The van der Waals surface area contributed by atoms with Gasteiger partial charge in [-0.25, -0.2) is 4.98 Å². The quantitative estimate of drug-likeness (QED) is 0.580. The molecule has 86 valence electrons. The fourth-order valence-electron chi connectivity index (χ4n) is 1.73. The van der Waals surface area contributed by atoms with Gasteiger partial charge >= 0.3 is 0 Å². The monoisotopic (exact) mass is 226 g/mol. The molecule has 0 fully saturated rings. The maximum Gasteiger partial charge on any atom is 0.185 e. The Bertz CT molecular complexity index is 514. The molecule has 0 radical (unpaired) electrons. The highest BCUT2D eigenvalue weighted by molar-refractivity contribution is 5.69. The van der Waals surface area contributed by atoms with Gasteiger partial charge in [-0.1, -0.05) is 36.4 Å². The molecule has 0 saturated carbocycles. The van der Waals surface area contributed by atoms with Crippen LogP contribution in [0.15, 0.2) is 49.2 Å². The molecule has 2 aromatic rings. The molecule has 0 unspecified atom stereocenters. The zero-order valence-electron chi connectivity index (χ0n) is 9.54. The molecule has 0 spiro atoms. The summed E-state index contributed by atoms with van der Waals surface area (Å²) >= 11 is 0. The van der Waals surface area contributed by atoms with Crippen molar-refractivity contribution < 1.29 is 4.79 Å². The molecule has 2 rings (SSSR count). The molecule has 1 aromatic heterocycles. The van der Waals surface area contributed by atoms with E-state index >= 15 is 0 Å². The highest BCUT2D eigenvalue weighted by atomic mass is 16.1. The van der Waals surface area contributed by atoms with Gasteiger partial charge in [-0.3, -0.25) is 4.79 Å². The van der Waals surface area contributed by atoms with Gasteiger partial charge in [0.2, 0.25) is 0 Å². The average molecular weight is 226 g/mol. The Morgan fingerprint density at radius 1 is 1.29 bits per heavy atom. The molecular weight excluding hydrogens is 212 g/mol. The van der Waals surface area contributed by atoms with Crippen molar-refractivity contribution >= 4 is 6.29 Å². The van der Waals surface area contributed by atoms with E-state index in [1.807, 2.05) is 41.1 Å². The van der Waals surface area contributed by atoms with Crippen molar-refractivity contribution in [2.24, 2.45) is 0 Å². The molecule has 1 heterocycles. The number of benzene rings is 1. The van der Waals surface area contributed by atoms with Crippen molar-refractivity contribution in [1.29, 1.82) is 0 Å². The number of hydrogen-bond acceptors (Lipinski definition) is 2. The predicted octanol–water partition coefficient (Wildman–Crippen LogP) is 2.47.